The van der Waals surface area contributed by atoms with E-state index in [1.807, 2.05) is 0 Å². The van der Waals surface area contributed by atoms with E-state index in [1.54, 1.807) is 12.1 Å². The van der Waals surface area contributed by atoms with Gasteiger partial charge in [-0.2, -0.15) is 13.2 Å². The molecule has 2 nitrogen and oxygen atoms in total. The molecule has 0 unspecified atom stereocenters. The van der Waals surface area contributed by atoms with Crippen LogP contribution in [0.4, 0.5) is 13.2 Å². The molecule has 0 bridgehead atoms. The van der Waals surface area contributed by atoms with Crippen molar-refractivity contribution in [3.63, 3.8) is 0 Å². The third-order valence-corrected chi connectivity index (χ3v) is 3.44. The summed E-state index contributed by atoms with van der Waals surface area (Å²) in [7, 11) is 0. The Bertz CT molecular complexity index is 404. The second-order valence-electron chi connectivity index (χ2n) is 3.54. The van der Waals surface area contributed by atoms with Gasteiger partial charge >= 0.3 is 6.18 Å². The number of rotatable bonds is 6. The van der Waals surface area contributed by atoms with E-state index in [1.165, 1.54) is 0 Å². The lowest BCUT2D eigenvalue weighted by Crippen LogP contribution is -2.19. The van der Waals surface area contributed by atoms with Crippen molar-refractivity contribution in [2.45, 2.75) is 12.1 Å². The molecule has 0 atom stereocenters. The van der Waals surface area contributed by atoms with Gasteiger partial charge in [0.2, 0.25) is 0 Å². The minimum atomic E-state index is -4.32. The van der Waals surface area contributed by atoms with E-state index in [0.717, 1.165) is 5.56 Å². The summed E-state index contributed by atoms with van der Waals surface area (Å²) in [5.74, 6) is 0.857. The number of hydrogen-bond acceptors (Lipinski definition) is 2. The van der Waals surface area contributed by atoms with E-state index in [0.29, 0.717) is 20.6 Å². The molecule has 0 spiro atoms. The Hall–Kier alpha value is 0.0200. The fourth-order valence-corrected chi connectivity index (χ4v) is 2.88. The maximum atomic E-state index is 11.8. The van der Waals surface area contributed by atoms with Crippen molar-refractivity contribution in [3.05, 3.63) is 26.6 Å². The fraction of sp³-hybridized carbons (Fsp3) is 0.455. The zero-order valence-electron chi connectivity index (χ0n) is 9.57. The molecule has 0 aliphatic carbocycles. The highest BCUT2D eigenvalue weighted by atomic mass is 79.9. The topological polar surface area (TPSA) is 18.5 Å². The van der Waals surface area contributed by atoms with Crippen molar-refractivity contribution >= 4 is 43.5 Å². The Morgan fingerprint density at radius 2 is 1.68 bits per heavy atom. The SMILES string of the molecule is FC(F)(F)COCCOc1c(Br)cc(CCl)cc1Br. The van der Waals surface area contributed by atoms with Gasteiger partial charge in [-0.3, -0.25) is 0 Å². The van der Waals surface area contributed by atoms with Crippen LogP contribution in [0, 0.1) is 0 Å². The number of alkyl halides is 4. The third-order valence-electron chi connectivity index (χ3n) is 1.95. The van der Waals surface area contributed by atoms with Gasteiger partial charge < -0.3 is 9.47 Å². The molecule has 0 aromatic heterocycles. The fourth-order valence-electron chi connectivity index (χ4n) is 1.22. The molecule has 0 aliphatic heterocycles. The van der Waals surface area contributed by atoms with Crippen molar-refractivity contribution in [1.82, 2.24) is 0 Å². The standard InChI is InChI=1S/C11H10Br2ClF3O2/c12-8-3-7(5-14)4-9(13)10(8)19-2-1-18-6-11(15,16)17/h3-4H,1-2,5-6H2. The van der Waals surface area contributed by atoms with E-state index in [4.69, 9.17) is 16.3 Å². The average Bonchev–Trinajstić information content (AvgIpc) is 2.30. The Labute approximate surface area is 130 Å². The zero-order valence-corrected chi connectivity index (χ0v) is 13.5. The predicted octanol–water partition coefficient (Wildman–Crippen LogP) is 4.91. The summed E-state index contributed by atoms with van der Waals surface area (Å²) in [5.41, 5.74) is 0.890. The molecule has 0 amide bonds. The van der Waals surface area contributed by atoms with Crippen molar-refractivity contribution in [2.24, 2.45) is 0 Å². The van der Waals surface area contributed by atoms with Gasteiger partial charge in [-0.25, -0.2) is 0 Å². The lowest BCUT2D eigenvalue weighted by molar-refractivity contribution is -0.175. The van der Waals surface area contributed by atoms with E-state index in [-0.39, 0.29) is 13.2 Å². The molecule has 0 heterocycles. The second-order valence-corrected chi connectivity index (χ2v) is 5.51. The number of halogens is 6. The lowest BCUT2D eigenvalue weighted by atomic mass is 10.2. The summed E-state index contributed by atoms with van der Waals surface area (Å²) >= 11 is 12.3. The minimum absolute atomic E-state index is 0.0213. The Morgan fingerprint density at radius 1 is 1.11 bits per heavy atom. The molecule has 19 heavy (non-hydrogen) atoms. The van der Waals surface area contributed by atoms with E-state index in [9.17, 15) is 13.2 Å². The van der Waals surface area contributed by atoms with Crippen molar-refractivity contribution in [1.29, 1.82) is 0 Å². The summed E-state index contributed by atoms with van der Waals surface area (Å²) in [6.45, 7) is -1.40. The maximum absolute atomic E-state index is 11.8. The lowest BCUT2D eigenvalue weighted by Gasteiger charge is -2.12. The highest BCUT2D eigenvalue weighted by molar-refractivity contribution is 9.11. The van der Waals surface area contributed by atoms with Crippen LogP contribution in [0.3, 0.4) is 0 Å². The normalized spacial score (nSPS) is 11.7. The van der Waals surface area contributed by atoms with Gasteiger partial charge in [-0.05, 0) is 49.6 Å². The molecular weight excluding hydrogens is 416 g/mol. The Kier molecular flexibility index (Phi) is 6.93. The van der Waals surface area contributed by atoms with Gasteiger partial charge in [0, 0.05) is 5.88 Å². The third kappa shape index (κ3) is 6.33. The molecule has 0 saturated carbocycles. The van der Waals surface area contributed by atoms with Crippen LogP contribution in [0.25, 0.3) is 0 Å². The van der Waals surface area contributed by atoms with Crippen LogP contribution in [0.15, 0.2) is 21.1 Å². The smallest absolute Gasteiger partial charge is 0.411 e. The summed E-state index contributed by atoms with van der Waals surface area (Å²) < 4.78 is 46.6. The van der Waals surface area contributed by atoms with Crippen LogP contribution in [-0.2, 0) is 10.6 Å². The first kappa shape index (κ1) is 17.1. The van der Waals surface area contributed by atoms with Gasteiger partial charge in [-0.15, -0.1) is 11.6 Å². The van der Waals surface area contributed by atoms with Gasteiger partial charge in [0.25, 0.3) is 0 Å². The molecule has 1 aromatic rings. The molecule has 8 heteroatoms. The van der Waals surface area contributed by atoms with Crippen molar-refractivity contribution in [2.75, 3.05) is 19.8 Å². The van der Waals surface area contributed by atoms with Crippen LogP contribution >= 0.6 is 43.5 Å². The number of hydrogen-bond donors (Lipinski definition) is 0. The monoisotopic (exact) mass is 424 g/mol. The van der Waals surface area contributed by atoms with Crippen LogP contribution in [-0.4, -0.2) is 26.0 Å². The quantitative estimate of drug-likeness (QED) is 0.476. The largest absolute Gasteiger partial charge is 0.489 e. The van der Waals surface area contributed by atoms with Gasteiger partial charge in [0.05, 0.1) is 15.6 Å². The van der Waals surface area contributed by atoms with E-state index in [2.05, 4.69) is 36.6 Å². The highest BCUT2D eigenvalue weighted by Gasteiger charge is 2.27. The first-order chi connectivity index (χ1) is 8.83. The average molecular weight is 426 g/mol. The molecule has 0 fully saturated rings. The van der Waals surface area contributed by atoms with E-state index < -0.39 is 12.8 Å². The second kappa shape index (κ2) is 7.71. The number of benzene rings is 1. The molecule has 0 saturated heterocycles. The first-order valence-electron chi connectivity index (χ1n) is 5.14. The summed E-state index contributed by atoms with van der Waals surface area (Å²) in [6.07, 6.45) is -4.32. The zero-order chi connectivity index (χ0) is 14.5. The number of ether oxygens (including phenoxy) is 2. The van der Waals surface area contributed by atoms with Crippen molar-refractivity contribution < 1.29 is 22.6 Å². The van der Waals surface area contributed by atoms with Crippen LogP contribution in [0.5, 0.6) is 5.75 Å². The molecular formula is C11H10Br2ClF3O2. The van der Waals surface area contributed by atoms with Gasteiger partial charge in [-0.1, -0.05) is 0 Å². The van der Waals surface area contributed by atoms with Gasteiger partial charge in [0.15, 0.2) is 0 Å². The summed E-state index contributed by atoms with van der Waals surface area (Å²) in [5, 5.41) is 0. The first-order valence-corrected chi connectivity index (χ1v) is 7.26. The van der Waals surface area contributed by atoms with Gasteiger partial charge in [0.1, 0.15) is 19.0 Å². The molecule has 108 valence electrons. The molecule has 0 N–H and O–H groups in total. The van der Waals surface area contributed by atoms with Crippen molar-refractivity contribution in [3.8, 4) is 5.75 Å². The highest BCUT2D eigenvalue weighted by Crippen LogP contribution is 2.35. The summed E-state index contributed by atoms with van der Waals surface area (Å²) in [4.78, 5) is 0. The Balaban J connectivity index is 2.46. The predicted molar refractivity (Wildman–Crippen MR) is 73.8 cm³/mol. The van der Waals surface area contributed by atoms with Crippen LogP contribution < -0.4 is 4.74 Å². The van der Waals surface area contributed by atoms with Crippen LogP contribution in [0.1, 0.15) is 5.56 Å². The Morgan fingerprint density at radius 3 is 2.16 bits per heavy atom. The molecule has 1 aromatic carbocycles. The van der Waals surface area contributed by atoms with E-state index >= 15 is 0 Å². The van der Waals surface area contributed by atoms with Crippen LogP contribution in [0.2, 0.25) is 0 Å². The summed E-state index contributed by atoms with van der Waals surface area (Å²) in [6, 6.07) is 3.56. The molecule has 0 aliphatic rings. The molecule has 0 radical (unpaired) electrons. The maximum Gasteiger partial charge on any atom is 0.411 e. The molecule has 1 rings (SSSR count). The minimum Gasteiger partial charge on any atom is -0.489 e.